The van der Waals surface area contributed by atoms with Crippen molar-refractivity contribution in [2.45, 2.75) is 32.2 Å². The van der Waals surface area contributed by atoms with E-state index in [2.05, 4.69) is 15.0 Å². The van der Waals surface area contributed by atoms with E-state index >= 15 is 0 Å². The maximum Gasteiger partial charge on any atom is 0.418 e. The molecule has 11 heteroatoms. The van der Waals surface area contributed by atoms with E-state index in [1.54, 1.807) is 26.0 Å². The Kier molecular flexibility index (Phi) is 8.24. The number of nitrogens with one attached hydrogen (secondary N) is 1. The summed E-state index contributed by atoms with van der Waals surface area (Å²) in [5.41, 5.74) is 0.233. The number of esters is 1. The van der Waals surface area contributed by atoms with Crippen molar-refractivity contribution in [3.05, 3.63) is 82.4 Å². The molecular formula is C29H29F3N2O6. The number of hydrogen-bond donors (Lipinski definition) is 2. The fraction of sp³-hybridized carbons (Fsp3) is 0.310. The topological polar surface area (TPSA) is 97.3 Å². The van der Waals surface area contributed by atoms with Crippen molar-refractivity contribution in [2.75, 3.05) is 37.5 Å². The summed E-state index contributed by atoms with van der Waals surface area (Å²) in [5, 5.41) is 12.4. The molecule has 3 aromatic rings. The Morgan fingerprint density at radius 1 is 1.12 bits per heavy atom. The second-order valence-electron chi connectivity index (χ2n) is 9.51. The molecule has 212 valence electrons. The lowest BCUT2D eigenvalue weighted by Crippen LogP contribution is -2.41. The molecule has 1 aliphatic rings. The Bertz CT molecular complexity index is 1400. The number of rotatable bonds is 7. The van der Waals surface area contributed by atoms with Crippen LogP contribution in [0.4, 0.5) is 24.5 Å². The number of carbonyl (C=O) groups is 2. The van der Waals surface area contributed by atoms with Crippen molar-refractivity contribution in [1.29, 1.82) is 0 Å². The van der Waals surface area contributed by atoms with Crippen molar-refractivity contribution in [2.24, 2.45) is 0 Å². The van der Waals surface area contributed by atoms with E-state index in [0.29, 0.717) is 29.5 Å². The number of ether oxygens (including phenoxy) is 3. The summed E-state index contributed by atoms with van der Waals surface area (Å²) < 4.78 is 57.5. The highest BCUT2D eigenvalue weighted by atomic mass is 19.4. The van der Waals surface area contributed by atoms with Gasteiger partial charge in [-0.25, -0.2) is 4.79 Å². The highest BCUT2D eigenvalue weighted by Gasteiger charge is 2.35. The lowest BCUT2D eigenvalue weighted by atomic mass is 10.0. The molecule has 8 nitrogen and oxygen atoms in total. The Morgan fingerprint density at radius 3 is 2.45 bits per heavy atom. The number of halogens is 3. The van der Waals surface area contributed by atoms with Crippen molar-refractivity contribution < 1.29 is 42.1 Å². The van der Waals surface area contributed by atoms with Crippen molar-refractivity contribution >= 4 is 23.3 Å². The molecule has 1 amide bonds. The normalized spacial score (nSPS) is 15.5. The summed E-state index contributed by atoms with van der Waals surface area (Å²) >= 11 is 0. The minimum absolute atomic E-state index is 0.162. The molecule has 0 radical (unpaired) electrons. The van der Waals surface area contributed by atoms with Gasteiger partial charge in [0.1, 0.15) is 24.2 Å². The first-order valence-corrected chi connectivity index (χ1v) is 12.4. The fourth-order valence-electron chi connectivity index (χ4n) is 4.65. The molecule has 0 fully saturated rings. The van der Waals surface area contributed by atoms with Gasteiger partial charge in [-0.05, 0) is 66.9 Å². The molecule has 1 unspecified atom stereocenters. The third-order valence-corrected chi connectivity index (χ3v) is 6.55. The third kappa shape index (κ3) is 6.15. The maximum atomic E-state index is 13.7. The summed E-state index contributed by atoms with van der Waals surface area (Å²) in [7, 11) is 3.00. The maximum absolute atomic E-state index is 13.7. The first-order valence-electron chi connectivity index (χ1n) is 12.4. The van der Waals surface area contributed by atoms with E-state index in [1.807, 2.05) is 31.3 Å². The van der Waals surface area contributed by atoms with Crippen LogP contribution in [0.1, 0.15) is 38.7 Å². The third-order valence-electron chi connectivity index (χ3n) is 6.55. The lowest BCUT2D eigenvalue weighted by molar-refractivity contribution is -0.150. The molecule has 0 bridgehead atoms. The van der Waals surface area contributed by atoms with Gasteiger partial charge in [0.05, 0.1) is 30.6 Å². The summed E-state index contributed by atoms with van der Waals surface area (Å²) in [6, 6.07) is 13.5. The molecule has 4 rings (SSSR count). The van der Waals surface area contributed by atoms with Gasteiger partial charge >= 0.3 is 12.1 Å². The SMILES string of the molecule is COC(=O)C(O)c1ccc(C(F)(F)F)c(NC(=O)c2c(C)cc(OC[C@@H]3CN(C)c4ccccc4O3)cc2C)c1. The second-order valence-corrected chi connectivity index (χ2v) is 9.51. The number of anilines is 2. The smallest absolute Gasteiger partial charge is 0.418 e. The second kappa shape index (κ2) is 11.5. The van der Waals surface area contributed by atoms with E-state index in [9.17, 15) is 27.9 Å². The van der Waals surface area contributed by atoms with Gasteiger partial charge in [0.15, 0.2) is 6.10 Å². The van der Waals surface area contributed by atoms with Gasteiger partial charge in [-0.3, -0.25) is 4.79 Å². The average Bonchev–Trinajstić information content (AvgIpc) is 2.90. The number of nitrogens with zero attached hydrogens (tertiary/aromatic N) is 1. The molecule has 40 heavy (non-hydrogen) atoms. The van der Waals surface area contributed by atoms with Crippen LogP contribution in [0.2, 0.25) is 0 Å². The summed E-state index contributed by atoms with van der Waals surface area (Å²) in [6.45, 7) is 4.16. The summed E-state index contributed by atoms with van der Waals surface area (Å²) in [5.74, 6) is -0.596. The van der Waals surface area contributed by atoms with Crippen molar-refractivity contribution in [3.8, 4) is 11.5 Å². The number of aryl methyl sites for hydroxylation is 2. The molecule has 1 aliphatic heterocycles. The molecule has 0 saturated carbocycles. The predicted molar refractivity (Wildman–Crippen MR) is 142 cm³/mol. The number of para-hydroxylation sites is 2. The van der Waals surface area contributed by atoms with E-state index in [-0.39, 0.29) is 23.8 Å². The van der Waals surface area contributed by atoms with Crippen LogP contribution in [0.15, 0.2) is 54.6 Å². The van der Waals surface area contributed by atoms with Crippen molar-refractivity contribution in [1.82, 2.24) is 0 Å². The average molecular weight is 559 g/mol. The number of aliphatic hydroxyl groups is 1. The van der Waals surface area contributed by atoms with Crippen LogP contribution < -0.4 is 19.7 Å². The number of methoxy groups -OCH3 is 1. The lowest BCUT2D eigenvalue weighted by Gasteiger charge is -2.33. The summed E-state index contributed by atoms with van der Waals surface area (Å²) in [4.78, 5) is 26.9. The Morgan fingerprint density at radius 2 is 1.80 bits per heavy atom. The van der Waals surface area contributed by atoms with Gasteiger partial charge in [-0.15, -0.1) is 0 Å². The van der Waals surface area contributed by atoms with Gasteiger partial charge in [0, 0.05) is 12.6 Å². The predicted octanol–water partition coefficient (Wildman–Crippen LogP) is 5.06. The van der Waals surface area contributed by atoms with Crippen LogP contribution in [0.25, 0.3) is 0 Å². The quantitative estimate of drug-likeness (QED) is 0.392. The van der Waals surface area contributed by atoms with Crippen LogP contribution >= 0.6 is 0 Å². The van der Waals surface area contributed by atoms with Crippen LogP contribution in [-0.2, 0) is 15.7 Å². The zero-order valence-electron chi connectivity index (χ0n) is 22.3. The number of fused-ring (bicyclic) bond motifs is 1. The molecule has 0 aromatic heterocycles. The van der Waals surface area contributed by atoms with E-state index in [1.165, 1.54) is 0 Å². The van der Waals surface area contributed by atoms with Crippen LogP contribution in [-0.4, -0.2) is 50.4 Å². The first kappa shape index (κ1) is 28.8. The molecule has 0 spiro atoms. The Hall–Kier alpha value is -4.25. The Balaban J connectivity index is 1.52. The minimum Gasteiger partial charge on any atom is -0.490 e. The molecule has 1 heterocycles. The van der Waals surface area contributed by atoms with Crippen molar-refractivity contribution in [3.63, 3.8) is 0 Å². The van der Waals surface area contributed by atoms with Gasteiger partial charge in [-0.2, -0.15) is 13.2 Å². The summed E-state index contributed by atoms with van der Waals surface area (Å²) in [6.07, 6.45) is -6.85. The number of likely N-dealkylation sites (N-methyl/N-ethyl adjacent to an activating group) is 1. The van der Waals surface area contributed by atoms with E-state index in [4.69, 9.17) is 9.47 Å². The van der Waals surface area contributed by atoms with E-state index < -0.39 is 35.4 Å². The number of hydrogen-bond acceptors (Lipinski definition) is 7. The Labute approximate surface area is 229 Å². The highest BCUT2D eigenvalue weighted by molar-refractivity contribution is 6.07. The first-order chi connectivity index (χ1) is 18.9. The van der Waals surface area contributed by atoms with Gasteiger partial charge in [-0.1, -0.05) is 18.2 Å². The highest BCUT2D eigenvalue weighted by Crippen LogP contribution is 2.37. The molecular weight excluding hydrogens is 529 g/mol. The van der Waals surface area contributed by atoms with Crippen LogP contribution in [0.5, 0.6) is 11.5 Å². The number of benzene rings is 3. The van der Waals surface area contributed by atoms with Crippen LogP contribution in [0, 0.1) is 13.8 Å². The largest absolute Gasteiger partial charge is 0.490 e. The number of alkyl halides is 3. The molecule has 3 aromatic carbocycles. The zero-order valence-corrected chi connectivity index (χ0v) is 22.3. The fourth-order valence-corrected chi connectivity index (χ4v) is 4.65. The monoisotopic (exact) mass is 558 g/mol. The molecule has 2 N–H and O–H groups in total. The number of aliphatic hydroxyl groups excluding tert-OH is 1. The molecule has 2 atom stereocenters. The molecule has 0 saturated heterocycles. The van der Waals surface area contributed by atoms with E-state index in [0.717, 1.165) is 30.7 Å². The van der Waals surface area contributed by atoms with Crippen LogP contribution in [0.3, 0.4) is 0 Å². The standard InChI is InChI=1S/C29H29F3N2O6/c1-16-11-19(39-15-20-14-34(3)23-7-5-6-8-24(23)40-20)12-17(2)25(16)27(36)33-22-13-18(26(35)28(37)38-4)9-10-21(22)29(30,31)32/h5-13,20,26,35H,14-15H2,1-4H3,(H,33,36)/t20-,26?/m0/s1. The van der Waals surface area contributed by atoms with Gasteiger partial charge in [0.2, 0.25) is 0 Å². The number of amides is 1. The molecule has 0 aliphatic carbocycles. The van der Waals surface area contributed by atoms with Gasteiger partial charge in [0.25, 0.3) is 5.91 Å². The zero-order chi connectivity index (χ0) is 29.2. The number of carbonyl (C=O) groups excluding carboxylic acids is 2. The minimum atomic E-state index is -4.80. The van der Waals surface area contributed by atoms with Gasteiger partial charge < -0.3 is 29.5 Å².